The van der Waals surface area contributed by atoms with Crippen LogP contribution >= 0.6 is 23.2 Å². The predicted molar refractivity (Wildman–Crippen MR) is 82.7 cm³/mol. The molecule has 0 saturated carbocycles. The van der Waals surface area contributed by atoms with Crippen LogP contribution in [-0.2, 0) is 6.42 Å². The second-order valence-electron chi connectivity index (χ2n) is 4.96. The molecule has 4 nitrogen and oxygen atoms in total. The zero-order chi connectivity index (χ0) is 15.0. The molecule has 0 radical (unpaired) electrons. The number of rotatable bonds is 1. The van der Waals surface area contributed by atoms with Crippen LogP contribution in [0.15, 0.2) is 24.5 Å². The van der Waals surface area contributed by atoms with Crippen molar-refractivity contribution in [2.45, 2.75) is 19.4 Å². The highest BCUT2D eigenvalue weighted by atomic mass is 35.5. The van der Waals surface area contributed by atoms with Crippen molar-refractivity contribution in [1.82, 2.24) is 9.97 Å². The first-order valence-corrected chi connectivity index (χ1v) is 7.32. The molecule has 3 rings (SSSR count). The fourth-order valence-electron chi connectivity index (χ4n) is 2.65. The quantitative estimate of drug-likeness (QED) is 0.803. The molecule has 1 aliphatic heterocycles. The summed E-state index contributed by atoms with van der Waals surface area (Å²) in [6, 6.07) is 5.97. The van der Waals surface area contributed by atoms with Crippen molar-refractivity contribution in [2.75, 3.05) is 11.4 Å². The van der Waals surface area contributed by atoms with Gasteiger partial charge < -0.3 is 4.90 Å². The van der Waals surface area contributed by atoms with Crippen LogP contribution in [0.25, 0.3) is 0 Å². The lowest BCUT2D eigenvalue weighted by atomic mass is 9.93. The monoisotopic (exact) mass is 318 g/mol. The van der Waals surface area contributed by atoms with Crippen LogP contribution in [0.4, 0.5) is 5.82 Å². The van der Waals surface area contributed by atoms with Crippen molar-refractivity contribution in [2.24, 2.45) is 0 Å². The summed E-state index contributed by atoms with van der Waals surface area (Å²) >= 11 is 12.2. The van der Waals surface area contributed by atoms with Crippen molar-refractivity contribution < 1.29 is 0 Å². The summed E-state index contributed by atoms with van der Waals surface area (Å²) in [5.74, 6) is 0.762. The second-order valence-corrected chi connectivity index (χ2v) is 5.77. The molecule has 0 fully saturated rings. The molecule has 0 N–H and O–H groups in total. The maximum absolute atomic E-state index is 8.78. The summed E-state index contributed by atoms with van der Waals surface area (Å²) < 4.78 is 0. The molecule has 2 heterocycles. The summed E-state index contributed by atoms with van der Waals surface area (Å²) in [6.07, 6.45) is 4.00. The third-order valence-electron chi connectivity index (χ3n) is 3.77. The predicted octanol–water partition coefficient (Wildman–Crippen LogP) is 3.78. The number of fused-ring (bicyclic) bond motifs is 1. The molecule has 2 aromatic rings. The number of nitrogens with zero attached hydrogens (tertiary/aromatic N) is 4. The van der Waals surface area contributed by atoms with E-state index in [0.717, 1.165) is 24.3 Å². The summed E-state index contributed by atoms with van der Waals surface area (Å²) in [7, 11) is 0. The van der Waals surface area contributed by atoms with E-state index in [0.29, 0.717) is 15.7 Å². The maximum atomic E-state index is 8.78. The van der Waals surface area contributed by atoms with Gasteiger partial charge in [0.05, 0.1) is 28.5 Å². The van der Waals surface area contributed by atoms with Gasteiger partial charge in [0.15, 0.2) is 5.69 Å². The van der Waals surface area contributed by atoms with Gasteiger partial charge in [-0.3, -0.25) is 0 Å². The van der Waals surface area contributed by atoms with Crippen LogP contribution in [0.2, 0.25) is 10.0 Å². The van der Waals surface area contributed by atoms with Crippen molar-refractivity contribution in [3.63, 3.8) is 0 Å². The molecule has 106 valence electrons. The zero-order valence-electron chi connectivity index (χ0n) is 11.3. The van der Waals surface area contributed by atoms with E-state index in [1.54, 1.807) is 6.20 Å². The number of hydrogen-bond acceptors (Lipinski definition) is 4. The van der Waals surface area contributed by atoms with Crippen molar-refractivity contribution in [3.05, 3.63) is 51.4 Å². The standard InChI is InChI=1S/C15H12Cl2N4/c1-9-12-5-14(17)13(16)4-10(12)2-3-21(9)15-8-19-11(6-18)7-20-15/h4-5,7-9H,2-3H2,1H3. The summed E-state index contributed by atoms with van der Waals surface area (Å²) in [4.78, 5) is 10.6. The minimum Gasteiger partial charge on any atom is -0.348 e. The van der Waals surface area contributed by atoms with E-state index in [-0.39, 0.29) is 6.04 Å². The van der Waals surface area contributed by atoms with Gasteiger partial charge in [0.1, 0.15) is 11.9 Å². The van der Waals surface area contributed by atoms with E-state index >= 15 is 0 Å². The second kappa shape index (κ2) is 5.51. The topological polar surface area (TPSA) is 52.8 Å². The number of nitriles is 1. The SMILES string of the molecule is CC1c2cc(Cl)c(Cl)cc2CCN1c1cnc(C#N)cn1. The minimum absolute atomic E-state index is 0.130. The minimum atomic E-state index is 0.130. The Morgan fingerprint density at radius 1 is 1.24 bits per heavy atom. The molecule has 0 saturated heterocycles. The van der Waals surface area contributed by atoms with E-state index in [1.807, 2.05) is 18.2 Å². The van der Waals surface area contributed by atoms with Crippen LogP contribution in [-0.4, -0.2) is 16.5 Å². The molecule has 1 unspecified atom stereocenters. The van der Waals surface area contributed by atoms with Gasteiger partial charge in [-0.25, -0.2) is 9.97 Å². The van der Waals surface area contributed by atoms with Crippen LogP contribution in [0.3, 0.4) is 0 Å². The number of halogens is 2. The van der Waals surface area contributed by atoms with E-state index in [9.17, 15) is 0 Å². The average molecular weight is 319 g/mol. The first-order valence-electron chi connectivity index (χ1n) is 6.56. The van der Waals surface area contributed by atoms with Crippen molar-refractivity contribution >= 4 is 29.0 Å². The fraction of sp³-hybridized carbons (Fsp3) is 0.267. The third-order valence-corrected chi connectivity index (χ3v) is 4.49. The lowest BCUT2D eigenvalue weighted by molar-refractivity contribution is 0.616. The largest absolute Gasteiger partial charge is 0.348 e. The van der Waals surface area contributed by atoms with Gasteiger partial charge in [0.2, 0.25) is 0 Å². The molecule has 0 bridgehead atoms. The first-order chi connectivity index (χ1) is 10.1. The summed E-state index contributed by atoms with van der Waals surface area (Å²) in [5, 5.41) is 9.94. The van der Waals surface area contributed by atoms with Gasteiger partial charge in [0, 0.05) is 6.54 Å². The Kier molecular flexibility index (Phi) is 3.71. The van der Waals surface area contributed by atoms with Gasteiger partial charge in [-0.1, -0.05) is 23.2 Å². The van der Waals surface area contributed by atoms with Gasteiger partial charge in [-0.2, -0.15) is 5.26 Å². The Bertz CT molecular complexity index is 722. The molecule has 1 atom stereocenters. The summed E-state index contributed by atoms with van der Waals surface area (Å²) in [5.41, 5.74) is 2.69. The normalized spacial score (nSPS) is 17.2. The number of anilines is 1. The smallest absolute Gasteiger partial charge is 0.158 e. The molecular weight excluding hydrogens is 307 g/mol. The summed E-state index contributed by atoms with van der Waals surface area (Å²) in [6.45, 7) is 2.93. The lowest BCUT2D eigenvalue weighted by Crippen LogP contribution is -2.34. The van der Waals surface area contributed by atoms with E-state index in [1.165, 1.54) is 11.8 Å². The van der Waals surface area contributed by atoms with Gasteiger partial charge in [-0.05, 0) is 36.6 Å². The number of hydrogen-bond donors (Lipinski definition) is 0. The number of aromatic nitrogens is 2. The average Bonchev–Trinajstić information content (AvgIpc) is 2.50. The van der Waals surface area contributed by atoms with Gasteiger partial charge >= 0.3 is 0 Å². The molecule has 1 aromatic heterocycles. The fourth-order valence-corrected chi connectivity index (χ4v) is 3.01. The number of benzene rings is 1. The van der Waals surface area contributed by atoms with Crippen LogP contribution in [0.5, 0.6) is 0 Å². The highest BCUT2D eigenvalue weighted by Crippen LogP contribution is 2.36. The van der Waals surface area contributed by atoms with Crippen molar-refractivity contribution in [3.8, 4) is 6.07 Å². The van der Waals surface area contributed by atoms with E-state index in [2.05, 4.69) is 21.8 Å². The third kappa shape index (κ3) is 2.55. The Labute approximate surface area is 133 Å². The highest BCUT2D eigenvalue weighted by Gasteiger charge is 2.26. The molecule has 6 heteroatoms. The Balaban J connectivity index is 1.96. The Hall–Kier alpha value is -1.83. The molecule has 21 heavy (non-hydrogen) atoms. The Morgan fingerprint density at radius 3 is 2.67 bits per heavy atom. The van der Waals surface area contributed by atoms with Crippen LogP contribution in [0.1, 0.15) is 29.8 Å². The van der Waals surface area contributed by atoms with E-state index < -0.39 is 0 Å². The molecule has 1 aliphatic rings. The molecular formula is C15H12Cl2N4. The first kappa shape index (κ1) is 14.1. The van der Waals surface area contributed by atoms with Gasteiger partial charge in [-0.15, -0.1) is 0 Å². The maximum Gasteiger partial charge on any atom is 0.158 e. The lowest BCUT2D eigenvalue weighted by Gasteiger charge is -2.36. The molecule has 0 spiro atoms. The van der Waals surface area contributed by atoms with Gasteiger partial charge in [0.25, 0.3) is 0 Å². The van der Waals surface area contributed by atoms with Crippen molar-refractivity contribution in [1.29, 1.82) is 5.26 Å². The highest BCUT2D eigenvalue weighted by molar-refractivity contribution is 6.42. The zero-order valence-corrected chi connectivity index (χ0v) is 12.9. The van der Waals surface area contributed by atoms with Crippen LogP contribution < -0.4 is 4.90 Å². The van der Waals surface area contributed by atoms with E-state index in [4.69, 9.17) is 28.5 Å². The molecule has 0 amide bonds. The molecule has 1 aromatic carbocycles. The Morgan fingerprint density at radius 2 is 2.00 bits per heavy atom. The van der Waals surface area contributed by atoms with Crippen LogP contribution in [0, 0.1) is 11.3 Å². The molecule has 0 aliphatic carbocycles.